The Morgan fingerprint density at radius 2 is 1.81 bits per heavy atom. The van der Waals surface area contributed by atoms with Gasteiger partial charge in [0.25, 0.3) is 11.8 Å². The Kier molecular flexibility index (Phi) is 7.75. The largest absolute Gasteiger partial charge is 0.489 e. The van der Waals surface area contributed by atoms with Crippen LogP contribution in [0.2, 0.25) is 0 Å². The summed E-state index contributed by atoms with van der Waals surface area (Å²) in [7, 11) is 0. The molecule has 1 aliphatic heterocycles. The third kappa shape index (κ3) is 5.77. The molecule has 1 saturated heterocycles. The molecule has 1 atom stereocenters. The maximum Gasteiger partial charge on any atom is 0.435 e. The highest BCUT2D eigenvalue weighted by Crippen LogP contribution is 2.33. The van der Waals surface area contributed by atoms with Crippen LogP contribution in [-0.2, 0) is 17.6 Å². The van der Waals surface area contributed by atoms with Gasteiger partial charge in [0, 0.05) is 23.9 Å². The zero-order valence-corrected chi connectivity index (χ0v) is 19.3. The molecule has 2 amide bonds. The number of hydrogen-bond donors (Lipinski definition) is 3. The van der Waals surface area contributed by atoms with Gasteiger partial charge in [0.1, 0.15) is 18.4 Å². The molecule has 12 heteroatoms. The molecule has 1 aromatic carbocycles. The van der Waals surface area contributed by atoms with Gasteiger partial charge in [-0.25, -0.2) is 10.00 Å². The van der Waals surface area contributed by atoms with E-state index in [1.165, 1.54) is 36.5 Å². The van der Waals surface area contributed by atoms with Gasteiger partial charge >= 0.3 is 6.18 Å². The van der Waals surface area contributed by atoms with E-state index in [9.17, 15) is 22.8 Å². The number of ether oxygens (including phenoxy) is 1. The van der Waals surface area contributed by atoms with Crippen LogP contribution in [0.1, 0.15) is 40.9 Å². The van der Waals surface area contributed by atoms with Crippen LogP contribution in [0.3, 0.4) is 0 Å². The number of rotatable bonds is 8. The zero-order valence-electron chi connectivity index (χ0n) is 19.3. The van der Waals surface area contributed by atoms with Gasteiger partial charge in [0.05, 0.1) is 5.52 Å². The van der Waals surface area contributed by atoms with Crippen molar-refractivity contribution in [2.45, 2.75) is 38.1 Å². The summed E-state index contributed by atoms with van der Waals surface area (Å²) in [5, 5.41) is 15.4. The number of hydrogen-bond acceptors (Lipinski definition) is 6. The van der Waals surface area contributed by atoms with Gasteiger partial charge in [-0.05, 0) is 62.3 Å². The molecule has 9 nitrogen and oxygen atoms in total. The number of pyridine rings is 1. The van der Waals surface area contributed by atoms with Crippen LogP contribution in [0.4, 0.5) is 13.2 Å². The van der Waals surface area contributed by atoms with Gasteiger partial charge < -0.3 is 10.1 Å². The number of carbonyl (C=O) groups is 2. The quantitative estimate of drug-likeness (QED) is 0.321. The molecule has 0 unspecified atom stereocenters. The van der Waals surface area contributed by atoms with Gasteiger partial charge in [-0.15, -0.1) is 0 Å². The summed E-state index contributed by atoms with van der Waals surface area (Å²) in [6, 6.07) is 9.96. The second-order valence-electron chi connectivity index (χ2n) is 8.47. The van der Waals surface area contributed by atoms with Crippen molar-refractivity contribution in [1.29, 1.82) is 0 Å². The lowest BCUT2D eigenvalue weighted by atomic mass is 10.1. The number of alkyl halides is 3. The van der Waals surface area contributed by atoms with E-state index in [4.69, 9.17) is 9.94 Å². The minimum Gasteiger partial charge on any atom is -0.489 e. The minimum atomic E-state index is -4.63. The number of piperidine rings is 1. The monoisotopic (exact) mass is 505 g/mol. The molecular formula is C24H26F3N5O4. The van der Waals surface area contributed by atoms with E-state index in [1.54, 1.807) is 17.6 Å². The van der Waals surface area contributed by atoms with Gasteiger partial charge in [0.15, 0.2) is 5.69 Å². The first-order chi connectivity index (χ1) is 17.3. The molecule has 1 fully saturated rings. The van der Waals surface area contributed by atoms with Crippen molar-refractivity contribution >= 4 is 17.3 Å². The summed E-state index contributed by atoms with van der Waals surface area (Å²) in [6.45, 7) is 1.05. The van der Waals surface area contributed by atoms with E-state index in [0.717, 1.165) is 23.8 Å². The Morgan fingerprint density at radius 1 is 1.08 bits per heavy atom. The fourth-order valence-corrected chi connectivity index (χ4v) is 4.26. The highest BCUT2D eigenvalue weighted by atomic mass is 19.4. The van der Waals surface area contributed by atoms with Crippen molar-refractivity contribution in [2.75, 3.05) is 19.6 Å². The first kappa shape index (κ1) is 25.5. The molecule has 2 aromatic heterocycles. The summed E-state index contributed by atoms with van der Waals surface area (Å²) in [4.78, 5) is 26.6. The maximum absolute atomic E-state index is 13.5. The SMILES string of the molecule is O=C(NC[C@@H](C(=O)NO)N1CCCCC1)c1ccc(OCc2c(C(F)(F)F)nn3ccccc23)cc1. The fourth-order valence-electron chi connectivity index (χ4n) is 4.26. The average Bonchev–Trinajstić information content (AvgIpc) is 3.27. The lowest BCUT2D eigenvalue weighted by Gasteiger charge is -2.33. The highest BCUT2D eigenvalue weighted by molar-refractivity contribution is 5.94. The molecule has 36 heavy (non-hydrogen) atoms. The number of aromatic nitrogens is 2. The molecule has 192 valence electrons. The minimum absolute atomic E-state index is 0.0123. The predicted octanol–water partition coefficient (Wildman–Crippen LogP) is 3.02. The van der Waals surface area contributed by atoms with Crippen molar-refractivity contribution < 1.29 is 32.7 Å². The topological polar surface area (TPSA) is 108 Å². The third-order valence-electron chi connectivity index (χ3n) is 6.11. The lowest BCUT2D eigenvalue weighted by Crippen LogP contribution is -2.53. The van der Waals surface area contributed by atoms with Gasteiger partial charge in [-0.2, -0.15) is 18.3 Å². The van der Waals surface area contributed by atoms with E-state index >= 15 is 0 Å². The Hall–Kier alpha value is -3.64. The average molecular weight is 505 g/mol. The molecule has 0 radical (unpaired) electrons. The summed E-state index contributed by atoms with van der Waals surface area (Å²) < 4.78 is 47.1. The van der Waals surface area contributed by atoms with E-state index in [2.05, 4.69) is 10.4 Å². The maximum atomic E-state index is 13.5. The third-order valence-corrected chi connectivity index (χ3v) is 6.11. The smallest absolute Gasteiger partial charge is 0.435 e. The van der Waals surface area contributed by atoms with E-state index < -0.39 is 29.7 Å². The molecular weight excluding hydrogens is 479 g/mol. The lowest BCUT2D eigenvalue weighted by molar-refractivity contribution is -0.142. The molecule has 0 aliphatic carbocycles. The zero-order chi connectivity index (χ0) is 25.7. The van der Waals surface area contributed by atoms with Gasteiger partial charge in [-0.3, -0.25) is 19.7 Å². The number of nitrogens with zero attached hydrogens (tertiary/aromatic N) is 3. The Bertz CT molecular complexity index is 1210. The van der Waals surface area contributed by atoms with Crippen LogP contribution in [-0.4, -0.2) is 57.2 Å². The Balaban J connectivity index is 1.39. The molecule has 0 bridgehead atoms. The number of carbonyl (C=O) groups excluding carboxylic acids is 2. The van der Waals surface area contributed by atoms with Crippen molar-refractivity contribution in [2.24, 2.45) is 0 Å². The van der Waals surface area contributed by atoms with E-state index in [1.807, 2.05) is 4.90 Å². The second-order valence-corrected chi connectivity index (χ2v) is 8.47. The number of nitrogens with one attached hydrogen (secondary N) is 2. The number of likely N-dealkylation sites (tertiary alicyclic amines) is 1. The fraction of sp³-hybridized carbons (Fsp3) is 0.375. The molecule has 3 N–H and O–H groups in total. The van der Waals surface area contributed by atoms with Crippen molar-refractivity contribution in [3.63, 3.8) is 0 Å². The molecule has 3 aromatic rings. The summed E-state index contributed by atoms with van der Waals surface area (Å²) >= 11 is 0. The number of fused-ring (bicyclic) bond motifs is 1. The van der Waals surface area contributed by atoms with Crippen molar-refractivity contribution in [1.82, 2.24) is 25.3 Å². The predicted molar refractivity (Wildman–Crippen MR) is 122 cm³/mol. The highest BCUT2D eigenvalue weighted by Gasteiger charge is 2.38. The molecule has 0 spiro atoms. The summed E-state index contributed by atoms with van der Waals surface area (Å²) in [5.41, 5.74) is 1.13. The molecule has 3 heterocycles. The van der Waals surface area contributed by atoms with Crippen molar-refractivity contribution in [3.8, 4) is 5.75 Å². The van der Waals surface area contributed by atoms with Crippen LogP contribution in [0.25, 0.3) is 5.52 Å². The summed E-state index contributed by atoms with van der Waals surface area (Å²) in [6.07, 6.45) is -0.262. The van der Waals surface area contributed by atoms with Crippen molar-refractivity contribution in [3.05, 3.63) is 65.5 Å². The van der Waals surface area contributed by atoms with E-state index in [-0.39, 0.29) is 35.5 Å². The summed E-state index contributed by atoms with van der Waals surface area (Å²) in [5.74, 6) is -0.746. The first-order valence-corrected chi connectivity index (χ1v) is 11.5. The van der Waals surface area contributed by atoms with Crippen LogP contribution >= 0.6 is 0 Å². The van der Waals surface area contributed by atoms with Crippen LogP contribution in [0.5, 0.6) is 5.75 Å². The molecule has 4 rings (SSSR count). The normalized spacial score (nSPS) is 15.4. The number of amides is 2. The van der Waals surface area contributed by atoms with Gasteiger partial charge in [0.2, 0.25) is 0 Å². The van der Waals surface area contributed by atoms with Crippen LogP contribution in [0.15, 0.2) is 48.7 Å². The Labute approximate surface area is 204 Å². The number of benzene rings is 1. The van der Waals surface area contributed by atoms with Crippen LogP contribution in [0, 0.1) is 0 Å². The number of halogens is 3. The second kappa shape index (κ2) is 11.0. The molecule has 0 saturated carbocycles. The molecule has 1 aliphatic rings. The van der Waals surface area contributed by atoms with Gasteiger partial charge in [-0.1, -0.05) is 12.5 Å². The number of hydroxylamine groups is 1. The Morgan fingerprint density at radius 3 is 2.47 bits per heavy atom. The first-order valence-electron chi connectivity index (χ1n) is 11.5. The standard InChI is InChI=1S/C24H26F3N5O4/c25-24(26,27)21-18(19-6-2-5-13-32(19)29-21)15-36-17-9-7-16(8-10-17)22(33)28-14-20(23(34)30-35)31-11-3-1-4-12-31/h2,5-10,13,20,35H,1,3-4,11-12,14-15H2,(H,28,33)(H,30,34)/t20-/m0/s1. The van der Waals surface area contributed by atoms with Crippen LogP contribution < -0.4 is 15.5 Å². The van der Waals surface area contributed by atoms with E-state index in [0.29, 0.717) is 13.1 Å².